The van der Waals surface area contributed by atoms with E-state index in [9.17, 15) is 4.39 Å². The number of hydrogen-bond acceptors (Lipinski definition) is 3. The molecule has 3 nitrogen and oxygen atoms in total. The van der Waals surface area contributed by atoms with Crippen LogP contribution in [0.3, 0.4) is 0 Å². The molecule has 0 saturated carbocycles. The molecule has 0 aromatic heterocycles. The molecule has 0 atom stereocenters. The second-order valence-electron chi connectivity index (χ2n) is 6.22. The van der Waals surface area contributed by atoms with Gasteiger partial charge in [0.05, 0.1) is 7.11 Å². The minimum Gasteiger partial charge on any atom is -0.493 e. The van der Waals surface area contributed by atoms with Crippen LogP contribution in [0.2, 0.25) is 0 Å². The summed E-state index contributed by atoms with van der Waals surface area (Å²) in [5.41, 5.74) is 1.97. The number of nitrogens with one attached hydrogen (secondary N) is 1. The molecule has 1 N–H and O–H groups in total. The van der Waals surface area contributed by atoms with Gasteiger partial charge in [-0.3, -0.25) is 0 Å². The van der Waals surface area contributed by atoms with E-state index in [-0.39, 0.29) is 5.82 Å². The zero-order valence-electron chi connectivity index (χ0n) is 14.6. The molecule has 0 spiro atoms. The highest BCUT2D eigenvalue weighted by molar-refractivity contribution is 5.46. The highest BCUT2D eigenvalue weighted by Crippen LogP contribution is 2.31. The van der Waals surface area contributed by atoms with E-state index < -0.39 is 0 Å². The van der Waals surface area contributed by atoms with Crippen molar-refractivity contribution in [2.45, 2.75) is 33.4 Å². The fourth-order valence-electron chi connectivity index (χ4n) is 2.37. The maximum absolute atomic E-state index is 13.0. The fraction of sp³-hybridized carbons (Fsp3) is 0.400. The van der Waals surface area contributed by atoms with E-state index in [1.54, 1.807) is 19.2 Å². The molecule has 130 valence electrons. The molecule has 2 rings (SSSR count). The van der Waals surface area contributed by atoms with E-state index in [0.29, 0.717) is 18.3 Å². The van der Waals surface area contributed by atoms with Gasteiger partial charge in [0.25, 0.3) is 0 Å². The van der Waals surface area contributed by atoms with Crippen LogP contribution in [0.15, 0.2) is 42.5 Å². The number of rotatable bonds is 9. The predicted octanol–water partition coefficient (Wildman–Crippen LogP) is 4.55. The van der Waals surface area contributed by atoms with Crippen LogP contribution >= 0.6 is 0 Å². The van der Waals surface area contributed by atoms with Gasteiger partial charge in [-0.1, -0.05) is 38.1 Å². The van der Waals surface area contributed by atoms with Crippen LogP contribution in [0.4, 0.5) is 4.39 Å². The molecule has 0 amide bonds. The largest absolute Gasteiger partial charge is 0.493 e. The van der Waals surface area contributed by atoms with E-state index in [2.05, 4.69) is 19.2 Å². The summed E-state index contributed by atoms with van der Waals surface area (Å²) in [6.45, 7) is 6.49. The van der Waals surface area contributed by atoms with E-state index >= 15 is 0 Å². The van der Waals surface area contributed by atoms with Gasteiger partial charge in [0.15, 0.2) is 11.5 Å². The SMILES string of the molecule is COc1cccc(CNCCC(C)C)c1OCc1ccc(F)cc1. The Kier molecular flexibility index (Phi) is 7.07. The first-order valence-corrected chi connectivity index (χ1v) is 8.34. The predicted molar refractivity (Wildman–Crippen MR) is 94.9 cm³/mol. The van der Waals surface area contributed by atoms with E-state index in [4.69, 9.17) is 9.47 Å². The first-order valence-electron chi connectivity index (χ1n) is 8.34. The van der Waals surface area contributed by atoms with Crippen LogP contribution in [-0.4, -0.2) is 13.7 Å². The van der Waals surface area contributed by atoms with Gasteiger partial charge in [0.1, 0.15) is 12.4 Å². The molecule has 4 heteroatoms. The van der Waals surface area contributed by atoms with Crippen LogP contribution in [0, 0.1) is 11.7 Å². The summed E-state index contributed by atoms with van der Waals surface area (Å²) < 4.78 is 24.4. The molecule has 0 fully saturated rings. The van der Waals surface area contributed by atoms with Gasteiger partial charge in [-0.2, -0.15) is 0 Å². The van der Waals surface area contributed by atoms with Crippen molar-refractivity contribution in [3.05, 3.63) is 59.4 Å². The van der Waals surface area contributed by atoms with Gasteiger partial charge < -0.3 is 14.8 Å². The summed E-state index contributed by atoms with van der Waals surface area (Å²) in [5.74, 6) is 1.88. The Morgan fingerprint density at radius 1 is 1.08 bits per heavy atom. The number of methoxy groups -OCH3 is 1. The fourth-order valence-corrected chi connectivity index (χ4v) is 2.37. The molecule has 0 saturated heterocycles. The molecular formula is C20H26FNO2. The minimum atomic E-state index is -0.244. The second kappa shape index (κ2) is 9.28. The standard InChI is InChI=1S/C20H26FNO2/c1-15(2)11-12-22-13-17-5-4-6-19(23-3)20(17)24-14-16-7-9-18(21)10-8-16/h4-10,15,22H,11-14H2,1-3H3. The molecule has 0 unspecified atom stereocenters. The van der Waals surface area contributed by atoms with Crippen molar-refractivity contribution in [1.29, 1.82) is 0 Å². The van der Waals surface area contributed by atoms with Gasteiger partial charge in [-0.25, -0.2) is 4.39 Å². The third-order valence-corrected chi connectivity index (χ3v) is 3.79. The second-order valence-corrected chi connectivity index (χ2v) is 6.22. The van der Waals surface area contributed by atoms with Crippen LogP contribution in [0.1, 0.15) is 31.4 Å². The molecule has 2 aromatic rings. The van der Waals surface area contributed by atoms with Crippen molar-refractivity contribution in [1.82, 2.24) is 5.32 Å². The summed E-state index contributed by atoms with van der Waals surface area (Å²) in [5, 5.41) is 3.45. The molecule has 0 bridgehead atoms. The Labute approximate surface area is 143 Å². The van der Waals surface area contributed by atoms with Crippen molar-refractivity contribution in [3.63, 3.8) is 0 Å². The maximum Gasteiger partial charge on any atom is 0.166 e. The molecule has 0 aliphatic rings. The summed E-state index contributed by atoms with van der Waals surface area (Å²) in [7, 11) is 1.63. The molecule has 24 heavy (non-hydrogen) atoms. The van der Waals surface area contributed by atoms with Crippen molar-refractivity contribution in [3.8, 4) is 11.5 Å². The van der Waals surface area contributed by atoms with Crippen molar-refractivity contribution < 1.29 is 13.9 Å². The normalized spacial score (nSPS) is 10.9. The zero-order chi connectivity index (χ0) is 17.4. The van der Waals surface area contributed by atoms with Crippen LogP contribution < -0.4 is 14.8 Å². The monoisotopic (exact) mass is 331 g/mol. The Morgan fingerprint density at radius 3 is 2.50 bits per heavy atom. The third-order valence-electron chi connectivity index (χ3n) is 3.79. The van der Waals surface area contributed by atoms with Gasteiger partial charge in [0, 0.05) is 12.1 Å². The number of halogens is 1. The Bertz CT molecular complexity index is 626. The van der Waals surface area contributed by atoms with E-state index in [1.165, 1.54) is 12.1 Å². The van der Waals surface area contributed by atoms with Crippen LogP contribution in [-0.2, 0) is 13.2 Å². The lowest BCUT2D eigenvalue weighted by atomic mass is 10.1. The highest BCUT2D eigenvalue weighted by atomic mass is 19.1. The summed E-state index contributed by atoms with van der Waals surface area (Å²) in [6, 6.07) is 12.2. The number of benzene rings is 2. The lowest BCUT2D eigenvalue weighted by molar-refractivity contribution is 0.280. The van der Waals surface area contributed by atoms with E-state index in [1.807, 2.05) is 18.2 Å². The minimum absolute atomic E-state index is 0.244. The Morgan fingerprint density at radius 2 is 1.83 bits per heavy atom. The van der Waals surface area contributed by atoms with Crippen LogP contribution in [0.5, 0.6) is 11.5 Å². The first-order chi connectivity index (χ1) is 11.6. The topological polar surface area (TPSA) is 30.5 Å². The van der Waals surface area contributed by atoms with Crippen molar-refractivity contribution in [2.75, 3.05) is 13.7 Å². The smallest absolute Gasteiger partial charge is 0.166 e. The lowest BCUT2D eigenvalue weighted by Crippen LogP contribution is -2.17. The average molecular weight is 331 g/mol. The van der Waals surface area contributed by atoms with E-state index in [0.717, 1.165) is 36.4 Å². The molecule has 0 heterocycles. The molecule has 2 aromatic carbocycles. The van der Waals surface area contributed by atoms with Crippen molar-refractivity contribution >= 4 is 0 Å². The van der Waals surface area contributed by atoms with Gasteiger partial charge in [-0.05, 0) is 42.6 Å². The van der Waals surface area contributed by atoms with Gasteiger partial charge in [-0.15, -0.1) is 0 Å². The molecule has 0 aliphatic carbocycles. The number of para-hydroxylation sites is 1. The molecule has 0 radical (unpaired) electrons. The van der Waals surface area contributed by atoms with Crippen LogP contribution in [0.25, 0.3) is 0 Å². The Balaban J connectivity index is 2.03. The number of hydrogen-bond donors (Lipinski definition) is 1. The summed E-state index contributed by atoms with van der Waals surface area (Å²) >= 11 is 0. The lowest BCUT2D eigenvalue weighted by Gasteiger charge is -2.16. The van der Waals surface area contributed by atoms with Gasteiger partial charge >= 0.3 is 0 Å². The van der Waals surface area contributed by atoms with Crippen molar-refractivity contribution in [2.24, 2.45) is 5.92 Å². The number of ether oxygens (including phenoxy) is 2. The zero-order valence-corrected chi connectivity index (χ0v) is 14.6. The van der Waals surface area contributed by atoms with Gasteiger partial charge in [0.2, 0.25) is 0 Å². The average Bonchev–Trinajstić information content (AvgIpc) is 2.58. The first kappa shape index (κ1) is 18.3. The highest BCUT2D eigenvalue weighted by Gasteiger charge is 2.11. The molecular weight excluding hydrogens is 305 g/mol. The quantitative estimate of drug-likeness (QED) is 0.684. The maximum atomic E-state index is 13.0. The third kappa shape index (κ3) is 5.53. The summed E-state index contributed by atoms with van der Waals surface area (Å²) in [4.78, 5) is 0. The molecule has 0 aliphatic heterocycles. The Hall–Kier alpha value is -2.07. The summed E-state index contributed by atoms with van der Waals surface area (Å²) in [6.07, 6.45) is 1.13.